The van der Waals surface area contributed by atoms with E-state index < -0.39 is 6.04 Å². The van der Waals surface area contributed by atoms with Gasteiger partial charge in [0.25, 0.3) is 0 Å². The minimum atomic E-state index is -0.528. The van der Waals surface area contributed by atoms with Gasteiger partial charge in [-0.2, -0.15) is 0 Å². The second-order valence-electron chi connectivity index (χ2n) is 13.0. The van der Waals surface area contributed by atoms with E-state index in [2.05, 4.69) is 50.2 Å². The molecule has 2 N–H and O–H groups in total. The van der Waals surface area contributed by atoms with Crippen LogP contribution in [0.5, 0.6) is 0 Å². The Bertz CT molecular complexity index is 1010. The first kappa shape index (κ1) is 38.9. The zero-order valence-corrected chi connectivity index (χ0v) is 28.7. The molecule has 44 heavy (non-hydrogen) atoms. The summed E-state index contributed by atoms with van der Waals surface area (Å²) in [7, 11) is 1.65. The topological polar surface area (TPSA) is 115 Å². The molecule has 2 atom stereocenters. The number of carbonyl (C=O) groups is 4. The molecule has 2 saturated heterocycles. The fraction of sp³-hybridized carbons (Fsp3) is 0.706. The van der Waals surface area contributed by atoms with Crippen LogP contribution in [0.4, 0.5) is 0 Å². The predicted octanol–water partition coefficient (Wildman–Crippen LogP) is 4.61. The van der Waals surface area contributed by atoms with Gasteiger partial charge >= 0.3 is 0 Å². The van der Waals surface area contributed by atoms with Crippen molar-refractivity contribution in [1.29, 1.82) is 0 Å². The highest BCUT2D eigenvalue weighted by Crippen LogP contribution is 2.22. The highest BCUT2D eigenvalue weighted by atomic mass is 16.3. The molecule has 4 amide bonds. The minimum absolute atomic E-state index is 0.0545. The molecule has 3 heterocycles. The number of amides is 4. The lowest BCUT2D eigenvalue weighted by atomic mass is 9.99. The maximum atomic E-state index is 13.1. The van der Waals surface area contributed by atoms with Crippen LogP contribution in [0.2, 0.25) is 0 Å². The van der Waals surface area contributed by atoms with Gasteiger partial charge in [-0.05, 0) is 83.5 Å². The normalized spacial score (nSPS) is 17.8. The molecule has 0 saturated carbocycles. The zero-order valence-electron chi connectivity index (χ0n) is 28.7. The van der Waals surface area contributed by atoms with Gasteiger partial charge in [-0.3, -0.25) is 19.2 Å². The van der Waals surface area contributed by atoms with Crippen LogP contribution in [0.15, 0.2) is 34.5 Å². The van der Waals surface area contributed by atoms with Crippen molar-refractivity contribution in [2.24, 2.45) is 11.8 Å². The number of hydrogen-bond acceptors (Lipinski definition) is 6. The predicted molar refractivity (Wildman–Crippen MR) is 176 cm³/mol. The quantitative estimate of drug-likeness (QED) is 0.277. The lowest BCUT2D eigenvalue weighted by Crippen LogP contribution is -2.46. The summed E-state index contributed by atoms with van der Waals surface area (Å²) < 4.78 is 5.23. The van der Waals surface area contributed by atoms with Crippen LogP contribution >= 0.6 is 0 Å². The van der Waals surface area contributed by atoms with Crippen LogP contribution in [0.1, 0.15) is 93.3 Å². The van der Waals surface area contributed by atoms with E-state index >= 15 is 0 Å². The molecule has 10 nitrogen and oxygen atoms in total. The number of carbonyl (C=O) groups excluding carboxylic acids is 4. The smallest absolute Gasteiger partial charge is 0.249 e. The second-order valence-corrected chi connectivity index (χ2v) is 13.0. The summed E-state index contributed by atoms with van der Waals surface area (Å²) in [5.41, 5.74) is 0.479. The maximum absolute atomic E-state index is 13.1. The van der Waals surface area contributed by atoms with E-state index in [0.717, 1.165) is 18.4 Å². The summed E-state index contributed by atoms with van der Waals surface area (Å²) in [6.45, 7) is 20.0. The lowest BCUT2D eigenvalue weighted by molar-refractivity contribution is -0.136. The van der Waals surface area contributed by atoms with E-state index in [0.29, 0.717) is 30.7 Å². The standard InChI is InChI=1S/C22H32N4O5.C8H17N.C4H10/c1-15(2)19(25(4)20(28)13-23-14-27)11-16(3)22(30)26-9-5-8-18(26)21(29)24-12-17-7-6-10-31-17;1-8(2)9-6-4-3-5-7-9;1-4(2)3/h6-7,10-11,14-15,18-19H,5,8-9,12-13H2,1-4H3,(H,23,27)(H,24,29);8H,3-7H2,1-2H3;4H,1-3H3/b16-11+;;/t18?,19-;;/m1../s1. The summed E-state index contributed by atoms with van der Waals surface area (Å²) in [5, 5.41) is 5.19. The molecule has 0 aromatic carbocycles. The van der Waals surface area contributed by atoms with E-state index in [-0.39, 0.29) is 42.8 Å². The Balaban J connectivity index is 0.000000615. The van der Waals surface area contributed by atoms with E-state index in [4.69, 9.17) is 4.42 Å². The molecule has 3 rings (SSSR count). The molecule has 0 aliphatic carbocycles. The van der Waals surface area contributed by atoms with Gasteiger partial charge in [0.1, 0.15) is 11.8 Å². The number of nitrogens with zero attached hydrogens (tertiary/aromatic N) is 3. The van der Waals surface area contributed by atoms with Crippen LogP contribution in [-0.4, -0.2) is 90.2 Å². The van der Waals surface area contributed by atoms with Crippen molar-refractivity contribution in [3.8, 4) is 0 Å². The first-order chi connectivity index (χ1) is 20.8. The Labute approximate surface area is 266 Å². The highest BCUT2D eigenvalue weighted by molar-refractivity contribution is 5.97. The number of piperidine rings is 1. The molecule has 0 spiro atoms. The molecule has 10 heteroatoms. The molecule has 1 aromatic heterocycles. The molecule has 250 valence electrons. The summed E-state index contributed by atoms with van der Waals surface area (Å²) in [6, 6.07) is 3.45. The third-order valence-corrected chi connectivity index (χ3v) is 7.57. The third-order valence-electron chi connectivity index (χ3n) is 7.57. The Kier molecular flexibility index (Phi) is 18.3. The maximum Gasteiger partial charge on any atom is 0.249 e. The minimum Gasteiger partial charge on any atom is -0.467 e. The van der Waals surface area contributed by atoms with Gasteiger partial charge in [-0.1, -0.05) is 47.1 Å². The lowest BCUT2D eigenvalue weighted by Gasteiger charge is -2.30. The van der Waals surface area contributed by atoms with E-state index in [1.807, 2.05) is 13.8 Å². The first-order valence-electron chi connectivity index (χ1n) is 16.3. The van der Waals surface area contributed by atoms with Crippen molar-refractivity contribution in [2.75, 3.05) is 33.2 Å². The second kappa shape index (κ2) is 20.7. The molecule has 2 fully saturated rings. The van der Waals surface area contributed by atoms with Gasteiger partial charge in [0.2, 0.25) is 24.1 Å². The molecule has 2 aliphatic rings. The van der Waals surface area contributed by atoms with Crippen molar-refractivity contribution in [3.63, 3.8) is 0 Å². The summed E-state index contributed by atoms with van der Waals surface area (Å²) >= 11 is 0. The molecular formula is C34H59N5O5. The van der Waals surface area contributed by atoms with Gasteiger partial charge < -0.3 is 29.8 Å². The largest absolute Gasteiger partial charge is 0.467 e. The fourth-order valence-corrected chi connectivity index (χ4v) is 5.15. The van der Waals surface area contributed by atoms with Gasteiger partial charge in [0.05, 0.1) is 25.4 Å². The van der Waals surface area contributed by atoms with E-state index in [9.17, 15) is 19.2 Å². The van der Waals surface area contributed by atoms with E-state index in [1.54, 1.807) is 43.3 Å². The van der Waals surface area contributed by atoms with Gasteiger partial charge in [0.15, 0.2) is 0 Å². The number of hydrogen-bond donors (Lipinski definition) is 2. The zero-order chi connectivity index (χ0) is 33.2. The fourth-order valence-electron chi connectivity index (χ4n) is 5.15. The Morgan fingerprint density at radius 3 is 2.16 bits per heavy atom. The molecule has 0 radical (unpaired) electrons. The number of nitrogens with one attached hydrogen (secondary N) is 2. The Hall–Kier alpha value is -3.14. The average Bonchev–Trinajstić information content (AvgIpc) is 3.69. The number of furan rings is 1. The van der Waals surface area contributed by atoms with Crippen LogP contribution in [-0.2, 0) is 25.7 Å². The van der Waals surface area contributed by atoms with Crippen LogP contribution < -0.4 is 10.6 Å². The molecular weight excluding hydrogens is 558 g/mol. The molecule has 0 bridgehead atoms. The number of rotatable bonds is 11. The van der Waals surface area contributed by atoms with Crippen molar-refractivity contribution < 1.29 is 23.6 Å². The number of likely N-dealkylation sites (N-methyl/N-ethyl adjacent to an activating group) is 1. The van der Waals surface area contributed by atoms with Gasteiger partial charge in [-0.15, -0.1) is 0 Å². The van der Waals surface area contributed by atoms with Crippen LogP contribution in [0, 0.1) is 11.8 Å². The van der Waals surface area contributed by atoms with Gasteiger partial charge in [0, 0.05) is 25.2 Å². The first-order valence-corrected chi connectivity index (χ1v) is 16.3. The highest BCUT2D eigenvalue weighted by Gasteiger charge is 2.35. The SMILES string of the molecule is C/C(=C\[C@H](C(C)C)N(C)C(=O)CNC=O)C(=O)N1CCCC1C(=O)NCc1ccco1.CC(C)C.CC(C)N1CCCCC1. The van der Waals surface area contributed by atoms with Crippen molar-refractivity contribution in [3.05, 3.63) is 35.8 Å². The molecule has 2 aliphatic heterocycles. The summed E-state index contributed by atoms with van der Waals surface area (Å²) in [6.07, 6.45) is 9.42. The summed E-state index contributed by atoms with van der Waals surface area (Å²) in [5.74, 6) is 0.866. The monoisotopic (exact) mass is 617 g/mol. The van der Waals surface area contributed by atoms with Crippen molar-refractivity contribution >= 4 is 24.1 Å². The Morgan fingerprint density at radius 1 is 1.02 bits per heavy atom. The Morgan fingerprint density at radius 2 is 1.66 bits per heavy atom. The number of likely N-dealkylation sites (tertiary alicyclic amines) is 2. The van der Waals surface area contributed by atoms with Crippen molar-refractivity contribution in [1.82, 2.24) is 25.3 Å². The summed E-state index contributed by atoms with van der Waals surface area (Å²) in [4.78, 5) is 54.2. The van der Waals surface area contributed by atoms with Gasteiger partial charge in [-0.25, -0.2) is 0 Å². The van der Waals surface area contributed by atoms with E-state index in [1.165, 1.54) is 37.3 Å². The average molecular weight is 618 g/mol. The molecule has 1 unspecified atom stereocenters. The third kappa shape index (κ3) is 14.1. The van der Waals surface area contributed by atoms with Crippen LogP contribution in [0.25, 0.3) is 0 Å². The van der Waals surface area contributed by atoms with Crippen molar-refractivity contribution in [2.45, 2.75) is 112 Å². The van der Waals surface area contributed by atoms with Crippen LogP contribution in [0.3, 0.4) is 0 Å². The molecule has 1 aromatic rings.